The van der Waals surface area contributed by atoms with E-state index in [4.69, 9.17) is 8.83 Å². The number of fused-ring (bicyclic) bond motifs is 6. The van der Waals surface area contributed by atoms with Gasteiger partial charge in [0.05, 0.1) is 11.6 Å². The summed E-state index contributed by atoms with van der Waals surface area (Å²) in [4.78, 5) is 0. The molecule has 0 spiro atoms. The van der Waals surface area contributed by atoms with Crippen LogP contribution in [0, 0.1) is 11.3 Å². The molecule has 0 saturated carbocycles. The van der Waals surface area contributed by atoms with Crippen LogP contribution in [-0.2, 0) is 0 Å². The average molecular weight is 512 g/mol. The number of nitriles is 1. The smallest absolute Gasteiger partial charge is 0.136 e. The summed E-state index contributed by atoms with van der Waals surface area (Å²) >= 11 is 0. The largest absolute Gasteiger partial charge is 0.456 e. The highest BCUT2D eigenvalue weighted by molar-refractivity contribution is 6.07. The van der Waals surface area contributed by atoms with Gasteiger partial charge in [0.1, 0.15) is 22.3 Å². The monoisotopic (exact) mass is 511 g/mol. The van der Waals surface area contributed by atoms with Gasteiger partial charge >= 0.3 is 0 Å². The molecule has 3 nitrogen and oxygen atoms in total. The Balaban J connectivity index is 1.33. The van der Waals surface area contributed by atoms with Crippen LogP contribution in [-0.4, -0.2) is 0 Å². The first kappa shape index (κ1) is 22.4. The molecule has 0 aliphatic rings. The molecule has 0 saturated heterocycles. The maximum Gasteiger partial charge on any atom is 0.136 e. The van der Waals surface area contributed by atoms with Crippen LogP contribution < -0.4 is 0 Å². The van der Waals surface area contributed by atoms with Crippen molar-refractivity contribution in [3.8, 4) is 39.4 Å². The van der Waals surface area contributed by atoms with E-state index in [-0.39, 0.29) is 0 Å². The molecule has 3 heteroatoms. The summed E-state index contributed by atoms with van der Waals surface area (Å²) in [6, 6.07) is 45.7. The summed E-state index contributed by atoms with van der Waals surface area (Å²) in [6.07, 6.45) is 0. The average Bonchev–Trinajstić information content (AvgIpc) is 3.58. The zero-order valence-corrected chi connectivity index (χ0v) is 21.4. The topological polar surface area (TPSA) is 50.1 Å². The Hall–Kier alpha value is -5.59. The summed E-state index contributed by atoms with van der Waals surface area (Å²) in [6.45, 7) is 0. The molecule has 0 radical (unpaired) electrons. The first-order valence-corrected chi connectivity index (χ1v) is 13.2. The van der Waals surface area contributed by atoms with E-state index in [0.717, 1.165) is 77.3 Å². The number of rotatable bonds is 3. The maximum atomic E-state index is 9.61. The van der Waals surface area contributed by atoms with Crippen molar-refractivity contribution in [3.05, 3.63) is 133 Å². The highest BCUT2D eigenvalue weighted by Gasteiger charge is 2.15. The van der Waals surface area contributed by atoms with Gasteiger partial charge in [-0.1, -0.05) is 72.8 Å². The van der Waals surface area contributed by atoms with E-state index in [1.807, 2.05) is 60.7 Å². The van der Waals surface area contributed by atoms with E-state index >= 15 is 0 Å². The van der Waals surface area contributed by atoms with Crippen molar-refractivity contribution in [2.24, 2.45) is 0 Å². The minimum absolute atomic E-state index is 0.633. The molecule has 0 bridgehead atoms. The maximum absolute atomic E-state index is 9.61. The van der Waals surface area contributed by atoms with E-state index < -0.39 is 0 Å². The van der Waals surface area contributed by atoms with Crippen LogP contribution in [0.4, 0.5) is 0 Å². The second-order valence-electron chi connectivity index (χ2n) is 10.1. The third-order valence-electron chi connectivity index (χ3n) is 7.72. The van der Waals surface area contributed by atoms with Crippen molar-refractivity contribution in [3.63, 3.8) is 0 Å². The van der Waals surface area contributed by atoms with E-state index in [0.29, 0.717) is 5.56 Å². The van der Waals surface area contributed by atoms with Gasteiger partial charge in [0.2, 0.25) is 0 Å². The van der Waals surface area contributed by atoms with Gasteiger partial charge in [0.15, 0.2) is 0 Å². The predicted octanol–water partition coefficient (Wildman–Crippen LogP) is 10.4. The lowest BCUT2D eigenvalue weighted by Crippen LogP contribution is -1.89. The van der Waals surface area contributed by atoms with E-state index in [1.165, 1.54) is 0 Å². The van der Waals surface area contributed by atoms with Crippen LogP contribution in [0.3, 0.4) is 0 Å². The standard InChI is InChI=1S/C37H21NO2/c38-22-23-6-5-7-26(18-23)32-19-24(25-13-16-31-29-8-1-3-10-34(29)40-37(31)21-25)12-15-28(32)27-14-17-36-33(20-27)30-9-2-4-11-35(30)39-36/h1-21H. The van der Waals surface area contributed by atoms with Crippen LogP contribution in [0.2, 0.25) is 0 Å². The first-order valence-electron chi connectivity index (χ1n) is 13.2. The molecule has 6 aromatic carbocycles. The van der Waals surface area contributed by atoms with Crippen molar-refractivity contribution < 1.29 is 8.83 Å². The zero-order chi connectivity index (χ0) is 26.6. The van der Waals surface area contributed by atoms with Gasteiger partial charge in [-0.2, -0.15) is 5.26 Å². The molecular weight excluding hydrogens is 490 g/mol. The van der Waals surface area contributed by atoms with Gasteiger partial charge in [-0.05, 0) is 88.0 Å². The Bertz CT molecular complexity index is 2290. The predicted molar refractivity (Wildman–Crippen MR) is 162 cm³/mol. The SMILES string of the molecule is N#Cc1cccc(-c2cc(-c3ccc4c(c3)oc3ccccc34)ccc2-c2ccc3oc4ccccc4c3c2)c1. The lowest BCUT2D eigenvalue weighted by atomic mass is 9.90. The molecule has 8 rings (SSSR count). The van der Waals surface area contributed by atoms with Crippen LogP contribution >= 0.6 is 0 Å². The second-order valence-corrected chi connectivity index (χ2v) is 10.1. The fourth-order valence-electron chi connectivity index (χ4n) is 5.77. The number of benzene rings is 6. The summed E-state index contributed by atoms with van der Waals surface area (Å²) in [5.74, 6) is 0. The molecule has 0 amide bonds. The Labute approximate surface area is 230 Å². The molecule has 0 unspecified atom stereocenters. The Morgan fingerprint density at radius 3 is 1.85 bits per heavy atom. The third-order valence-corrected chi connectivity index (χ3v) is 7.72. The number of hydrogen-bond donors (Lipinski definition) is 0. The first-order chi connectivity index (χ1) is 19.7. The van der Waals surface area contributed by atoms with Crippen molar-refractivity contribution in [1.82, 2.24) is 0 Å². The lowest BCUT2D eigenvalue weighted by molar-refractivity contribution is 0.668. The molecule has 0 aliphatic carbocycles. The van der Waals surface area contributed by atoms with Gasteiger partial charge in [-0.25, -0.2) is 0 Å². The molecular formula is C37H21NO2. The second kappa shape index (κ2) is 8.73. The molecule has 0 atom stereocenters. The van der Waals surface area contributed by atoms with Gasteiger partial charge in [-0.3, -0.25) is 0 Å². The number of para-hydroxylation sites is 2. The molecule has 2 heterocycles. The minimum atomic E-state index is 0.633. The molecule has 2 aromatic heterocycles. The Morgan fingerprint density at radius 2 is 1.02 bits per heavy atom. The van der Waals surface area contributed by atoms with Gasteiger partial charge in [0, 0.05) is 21.5 Å². The van der Waals surface area contributed by atoms with Crippen LogP contribution in [0.5, 0.6) is 0 Å². The van der Waals surface area contributed by atoms with Crippen molar-refractivity contribution in [1.29, 1.82) is 5.26 Å². The number of furan rings is 2. The van der Waals surface area contributed by atoms with Crippen LogP contribution in [0.15, 0.2) is 136 Å². The third kappa shape index (κ3) is 3.51. The van der Waals surface area contributed by atoms with Crippen molar-refractivity contribution >= 4 is 43.9 Å². The quantitative estimate of drug-likeness (QED) is 0.237. The summed E-state index contributed by atoms with van der Waals surface area (Å²) in [7, 11) is 0. The fraction of sp³-hybridized carbons (Fsp3) is 0. The summed E-state index contributed by atoms with van der Waals surface area (Å²) < 4.78 is 12.3. The molecule has 0 aliphatic heterocycles. The Kier molecular flexibility index (Phi) is 4.89. The zero-order valence-electron chi connectivity index (χ0n) is 21.4. The molecule has 0 fully saturated rings. The lowest BCUT2D eigenvalue weighted by Gasteiger charge is -2.14. The highest BCUT2D eigenvalue weighted by atomic mass is 16.3. The van der Waals surface area contributed by atoms with Crippen LogP contribution in [0.25, 0.3) is 77.3 Å². The minimum Gasteiger partial charge on any atom is -0.456 e. The van der Waals surface area contributed by atoms with Gasteiger partial charge in [0.25, 0.3) is 0 Å². The summed E-state index contributed by atoms with van der Waals surface area (Å²) in [5, 5.41) is 14.0. The van der Waals surface area contributed by atoms with E-state index in [1.54, 1.807) is 0 Å². The van der Waals surface area contributed by atoms with Gasteiger partial charge in [-0.15, -0.1) is 0 Å². The Morgan fingerprint density at radius 1 is 0.400 bits per heavy atom. The van der Waals surface area contributed by atoms with Crippen LogP contribution in [0.1, 0.15) is 5.56 Å². The van der Waals surface area contributed by atoms with E-state index in [2.05, 4.69) is 72.8 Å². The fourth-order valence-corrected chi connectivity index (χ4v) is 5.77. The summed E-state index contributed by atoms with van der Waals surface area (Å²) in [5.41, 5.74) is 10.5. The van der Waals surface area contributed by atoms with E-state index in [9.17, 15) is 5.26 Å². The normalized spacial score (nSPS) is 11.5. The highest BCUT2D eigenvalue weighted by Crippen LogP contribution is 2.40. The number of nitrogens with zero attached hydrogens (tertiary/aromatic N) is 1. The molecule has 8 aromatic rings. The number of hydrogen-bond acceptors (Lipinski definition) is 3. The van der Waals surface area contributed by atoms with Gasteiger partial charge < -0.3 is 8.83 Å². The van der Waals surface area contributed by atoms with Crippen molar-refractivity contribution in [2.45, 2.75) is 0 Å². The van der Waals surface area contributed by atoms with Crippen molar-refractivity contribution in [2.75, 3.05) is 0 Å². The molecule has 186 valence electrons. The molecule has 40 heavy (non-hydrogen) atoms. The molecule has 0 N–H and O–H groups in total.